The lowest BCUT2D eigenvalue weighted by Gasteiger charge is -2.40. The first kappa shape index (κ1) is 25.6. The van der Waals surface area contributed by atoms with Gasteiger partial charge in [-0.2, -0.15) is 17.5 Å². The van der Waals surface area contributed by atoms with Crippen LogP contribution in [0, 0.1) is 11.8 Å². The van der Waals surface area contributed by atoms with E-state index in [1.54, 1.807) is 6.92 Å². The van der Waals surface area contributed by atoms with E-state index >= 15 is 0 Å². The maximum atomic E-state index is 13.4. The molecule has 0 amide bonds. The molecule has 4 nitrogen and oxygen atoms in total. The fourth-order valence-corrected chi connectivity index (χ4v) is 8.37. The van der Waals surface area contributed by atoms with Crippen molar-refractivity contribution in [3.8, 4) is 0 Å². The Morgan fingerprint density at radius 2 is 1.68 bits per heavy atom. The third kappa shape index (κ3) is 6.51. The summed E-state index contributed by atoms with van der Waals surface area (Å²) in [5, 5.41) is -0.878. The molecule has 0 spiro atoms. The molecule has 6 unspecified atom stereocenters. The first-order chi connectivity index (χ1) is 14.6. The quantitative estimate of drug-likeness (QED) is 0.421. The summed E-state index contributed by atoms with van der Waals surface area (Å²) < 4.78 is 74.0. The van der Waals surface area contributed by atoms with Crippen LogP contribution in [-0.4, -0.2) is 54.8 Å². The van der Waals surface area contributed by atoms with Crippen molar-refractivity contribution in [3.05, 3.63) is 0 Å². The van der Waals surface area contributed by atoms with E-state index in [0.717, 1.165) is 44.9 Å². The van der Waals surface area contributed by atoms with Gasteiger partial charge in [0.15, 0.2) is 0 Å². The van der Waals surface area contributed by atoms with Gasteiger partial charge in [0.2, 0.25) is 10.0 Å². The Labute approximate surface area is 190 Å². The Balaban J connectivity index is 1.61. The Morgan fingerprint density at radius 1 is 0.968 bits per heavy atom. The third-order valence-electron chi connectivity index (χ3n) is 7.48. The van der Waals surface area contributed by atoms with Crippen molar-refractivity contribution in [2.24, 2.45) is 11.8 Å². The minimum absolute atomic E-state index is 0.0349. The summed E-state index contributed by atoms with van der Waals surface area (Å²) in [6, 6.07) is -0.151. The highest BCUT2D eigenvalue weighted by molar-refractivity contribution is 7.89. The number of rotatable bonds is 7. The molecule has 0 heterocycles. The molecule has 0 aromatic rings. The smallest absolute Gasteiger partial charge is 0.376 e. The second-order valence-electron chi connectivity index (χ2n) is 9.63. The predicted octanol–water partition coefficient (Wildman–Crippen LogP) is 5.88. The molecule has 182 valence electrons. The lowest BCUT2D eigenvalue weighted by molar-refractivity contribution is -0.181. The normalized spacial score (nSPS) is 35.9. The highest BCUT2D eigenvalue weighted by Gasteiger charge is 2.47. The number of alkyl halides is 4. The van der Waals surface area contributed by atoms with Gasteiger partial charge in [-0.25, -0.2) is 8.42 Å². The summed E-state index contributed by atoms with van der Waals surface area (Å²) in [6.45, 7) is 2.68. The lowest BCUT2D eigenvalue weighted by Crippen LogP contribution is -2.49. The van der Waals surface area contributed by atoms with Crippen molar-refractivity contribution in [1.82, 2.24) is 4.31 Å². The fourth-order valence-electron chi connectivity index (χ4n) is 5.72. The minimum atomic E-state index is -4.32. The van der Waals surface area contributed by atoms with Crippen molar-refractivity contribution in [2.75, 3.05) is 13.2 Å². The second kappa shape index (κ2) is 10.9. The first-order valence-corrected chi connectivity index (χ1v) is 13.9. The van der Waals surface area contributed by atoms with Crippen LogP contribution in [0.4, 0.5) is 13.2 Å². The van der Waals surface area contributed by atoms with Crippen LogP contribution in [0.5, 0.6) is 0 Å². The Morgan fingerprint density at radius 3 is 2.35 bits per heavy atom. The molecular formula is C22H37ClF3NO3S. The summed E-state index contributed by atoms with van der Waals surface area (Å²) in [5.41, 5.74) is 0. The molecule has 0 saturated heterocycles. The van der Waals surface area contributed by atoms with Crippen molar-refractivity contribution in [3.63, 3.8) is 0 Å². The first-order valence-electron chi connectivity index (χ1n) is 12.0. The van der Waals surface area contributed by atoms with Crippen molar-refractivity contribution >= 4 is 21.6 Å². The van der Waals surface area contributed by atoms with Gasteiger partial charge in [-0.1, -0.05) is 32.6 Å². The van der Waals surface area contributed by atoms with Crippen LogP contribution in [0.1, 0.15) is 84.0 Å². The molecule has 0 bridgehead atoms. The summed E-state index contributed by atoms with van der Waals surface area (Å²) >= 11 is 6.40. The number of nitrogens with zero attached hydrogens (tertiary/aromatic N) is 1. The standard InChI is InChI=1S/C22H37ClF3NO3S/c1-2-27(31(28,29)19-10-6-8-17(14-19)22(24,25)26)18-9-5-7-16(13-18)15-30-21-12-4-3-11-20(21)23/h16-21H,2-15H2,1H3. The second-order valence-corrected chi connectivity index (χ2v) is 12.4. The zero-order valence-electron chi connectivity index (χ0n) is 18.5. The molecule has 31 heavy (non-hydrogen) atoms. The molecule has 9 heteroatoms. The van der Waals surface area contributed by atoms with E-state index in [0.29, 0.717) is 32.4 Å². The van der Waals surface area contributed by atoms with Crippen molar-refractivity contribution < 1.29 is 26.3 Å². The summed E-state index contributed by atoms with van der Waals surface area (Å²) in [5.74, 6) is -1.24. The minimum Gasteiger partial charge on any atom is -0.376 e. The molecule has 6 atom stereocenters. The van der Waals surface area contributed by atoms with Gasteiger partial charge in [0.25, 0.3) is 0 Å². The van der Waals surface area contributed by atoms with E-state index in [1.165, 1.54) is 4.31 Å². The summed E-state index contributed by atoms with van der Waals surface area (Å²) in [7, 11) is -3.76. The molecule has 3 rings (SSSR count). The van der Waals surface area contributed by atoms with E-state index in [9.17, 15) is 21.6 Å². The van der Waals surface area contributed by atoms with E-state index < -0.39 is 27.4 Å². The van der Waals surface area contributed by atoms with E-state index in [4.69, 9.17) is 16.3 Å². The van der Waals surface area contributed by atoms with Gasteiger partial charge in [0.05, 0.1) is 22.6 Å². The van der Waals surface area contributed by atoms with Gasteiger partial charge in [-0.05, 0) is 57.3 Å². The van der Waals surface area contributed by atoms with Crippen LogP contribution in [-0.2, 0) is 14.8 Å². The van der Waals surface area contributed by atoms with Gasteiger partial charge in [-0.15, -0.1) is 11.6 Å². The largest absolute Gasteiger partial charge is 0.391 e. The Kier molecular flexibility index (Phi) is 9.01. The average Bonchev–Trinajstić information content (AvgIpc) is 2.73. The van der Waals surface area contributed by atoms with Gasteiger partial charge >= 0.3 is 6.18 Å². The van der Waals surface area contributed by atoms with Gasteiger partial charge < -0.3 is 4.74 Å². The third-order valence-corrected chi connectivity index (χ3v) is 10.5. The lowest BCUT2D eigenvalue weighted by atomic mass is 9.86. The van der Waals surface area contributed by atoms with Crippen LogP contribution in [0.2, 0.25) is 0 Å². The van der Waals surface area contributed by atoms with Crippen LogP contribution in [0.25, 0.3) is 0 Å². The van der Waals surface area contributed by atoms with E-state index in [1.807, 2.05) is 0 Å². The summed E-state index contributed by atoms with van der Waals surface area (Å²) in [6.07, 6.45) is 3.71. The maximum absolute atomic E-state index is 13.4. The predicted molar refractivity (Wildman–Crippen MR) is 117 cm³/mol. The molecule has 0 N–H and O–H groups in total. The van der Waals surface area contributed by atoms with E-state index in [-0.39, 0.29) is 36.3 Å². The van der Waals surface area contributed by atoms with Crippen molar-refractivity contribution in [2.45, 2.75) is 113 Å². The average molecular weight is 488 g/mol. The topological polar surface area (TPSA) is 46.6 Å². The zero-order chi connectivity index (χ0) is 22.6. The molecule has 0 aliphatic heterocycles. The zero-order valence-corrected chi connectivity index (χ0v) is 20.0. The van der Waals surface area contributed by atoms with Gasteiger partial charge in [-0.3, -0.25) is 0 Å². The monoisotopic (exact) mass is 487 g/mol. The molecule has 3 aliphatic rings. The molecular weight excluding hydrogens is 451 g/mol. The number of hydrogen-bond acceptors (Lipinski definition) is 3. The van der Waals surface area contributed by atoms with Crippen LogP contribution in [0.3, 0.4) is 0 Å². The van der Waals surface area contributed by atoms with Crippen LogP contribution >= 0.6 is 11.6 Å². The Hall–Kier alpha value is -0.0500. The van der Waals surface area contributed by atoms with Crippen molar-refractivity contribution in [1.29, 1.82) is 0 Å². The number of ether oxygens (including phenoxy) is 1. The SMILES string of the molecule is CCN(C1CCCC(COC2CCCCC2Cl)C1)S(=O)(=O)C1CCCC(C(F)(F)F)C1. The fraction of sp³-hybridized carbons (Fsp3) is 1.00. The van der Waals surface area contributed by atoms with Gasteiger partial charge in [0, 0.05) is 19.2 Å². The molecule has 0 aromatic carbocycles. The van der Waals surface area contributed by atoms with E-state index in [2.05, 4.69) is 0 Å². The molecule has 3 saturated carbocycles. The molecule has 3 aliphatic carbocycles. The van der Waals surface area contributed by atoms with Crippen LogP contribution in [0.15, 0.2) is 0 Å². The Bertz CT molecular complexity index is 675. The van der Waals surface area contributed by atoms with Gasteiger partial charge in [0.1, 0.15) is 0 Å². The molecule has 0 radical (unpaired) electrons. The number of halogens is 4. The number of sulfonamides is 1. The summed E-state index contributed by atoms with van der Waals surface area (Å²) in [4.78, 5) is 0. The molecule has 3 fully saturated rings. The highest BCUT2D eigenvalue weighted by atomic mass is 35.5. The highest BCUT2D eigenvalue weighted by Crippen LogP contribution is 2.41. The molecule has 0 aromatic heterocycles. The maximum Gasteiger partial charge on any atom is 0.391 e. The van der Waals surface area contributed by atoms with Crippen LogP contribution < -0.4 is 0 Å². The number of hydrogen-bond donors (Lipinski definition) is 0.